The molecule has 0 aliphatic carbocycles. The predicted octanol–water partition coefficient (Wildman–Crippen LogP) is 1.20. The molecular weight excluding hydrogens is 246 g/mol. The molecule has 0 fully saturated rings. The fourth-order valence-electron chi connectivity index (χ4n) is 1.56. The number of phenolic OH excluding ortho intramolecular Hbond substituents is 1. The van der Waals surface area contributed by atoms with E-state index in [9.17, 15) is 9.90 Å². The zero-order valence-electron chi connectivity index (χ0n) is 9.38. The van der Waals surface area contributed by atoms with Gasteiger partial charge in [0.15, 0.2) is 0 Å². The van der Waals surface area contributed by atoms with E-state index in [2.05, 4.69) is 0 Å². The Hall–Kier alpha value is -1.30. The first-order valence-corrected chi connectivity index (χ1v) is 4.91. The second-order valence-corrected chi connectivity index (χ2v) is 3.62. The van der Waals surface area contributed by atoms with E-state index in [0.717, 1.165) is 0 Å². The van der Waals surface area contributed by atoms with E-state index in [1.54, 1.807) is 6.92 Å². The van der Waals surface area contributed by atoms with Crippen LogP contribution >= 0.6 is 12.4 Å². The van der Waals surface area contributed by atoms with E-state index in [1.165, 1.54) is 12.1 Å². The van der Waals surface area contributed by atoms with Crippen LogP contribution in [0.2, 0.25) is 0 Å². The van der Waals surface area contributed by atoms with E-state index in [0.29, 0.717) is 5.56 Å². The minimum atomic E-state index is -1.14. The van der Waals surface area contributed by atoms with E-state index < -0.39 is 12.0 Å². The molecule has 5 nitrogen and oxygen atoms in total. The Bertz CT molecular complexity index is 409. The second-order valence-electron chi connectivity index (χ2n) is 3.62. The zero-order valence-corrected chi connectivity index (χ0v) is 10.2. The normalized spacial score (nSPS) is 11.7. The van der Waals surface area contributed by atoms with Gasteiger partial charge in [0.1, 0.15) is 5.75 Å². The minimum Gasteiger partial charge on any atom is -0.507 e. The van der Waals surface area contributed by atoms with Gasteiger partial charge in [-0.2, -0.15) is 0 Å². The van der Waals surface area contributed by atoms with E-state index in [1.807, 2.05) is 0 Å². The number of aromatic carboxylic acids is 1. The van der Waals surface area contributed by atoms with Gasteiger partial charge in [0, 0.05) is 18.2 Å². The van der Waals surface area contributed by atoms with Gasteiger partial charge in [0.25, 0.3) is 0 Å². The van der Waals surface area contributed by atoms with Crippen molar-refractivity contribution in [3.63, 3.8) is 0 Å². The zero-order chi connectivity index (χ0) is 12.3. The van der Waals surface area contributed by atoms with Crippen molar-refractivity contribution in [3.8, 4) is 5.75 Å². The topological polar surface area (TPSA) is 104 Å². The summed E-state index contributed by atoms with van der Waals surface area (Å²) >= 11 is 0. The Morgan fingerprint density at radius 1 is 1.47 bits per heavy atom. The number of hydrogen-bond acceptors (Lipinski definition) is 4. The number of carboxylic acids is 1. The molecule has 0 saturated carbocycles. The third kappa shape index (κ3) is 3.33. The van der Waals surface area contributed by atoms with Gasteiger partial charge in [-0.3, -0.25) is 0 Å². The van der Waals surface area contributed by atoms with E-state index in [-0.39, 0.29) is 42.3 Å². The molecule has 17 heavy (non-hydrogen) atoms. The van der Waals surface area contributed by atoms with Crippen molar-refractivity contribution in [2.24, 2.45) is 5.73 Å². The van der Waals surface area contributed by atoms with E-state index in [4.69, 9.17) is 15.9 Å². The van der Waals surface area contributed by atoms with E-state index >= 15 is 0 Å². The molecule has 0 heterocycles. The molecule has 0 aromatic heterocycles. The molecule has 1 aromatic rings. The van der Waals surface area contributed by atoms with Gasteiger partial charge in [0.2, 0.25) is 0 Å². The summed E-state index contributed by atoms with van der Waals surface area (Å²) in [6, 6.07) is 2.24. The maximum atomic E-state index is 11.0. The Morgan fingerprint density at radius 3 is 2.53 bits per heavy atom. The minimum absolute atomic E-state index is 0. The van der Waals surface area contributed by atoms with Crippen molar-refractivity contribution in [2.75, 3.05) is 6.61 Å². The number of carbonyl (C=O) groups is 1. The lowest BCUT2D eigenvalue weighted by atomic mass is 9.95. The van der Waals surface area contributed by atoms with Gasteiger partial charge in [-0.1, -0.05) is 6.07 Å². The summed E-state index contributed by atoms with van der Waals surface area (Å²) in [4.78, 5) is 11.0. The number of hydrogen-bond donors (Lipinski definition) is 4. The van der Waals surface area contributed by atoms with Gasteiger partial charge in [0.05, 0.1) is 5.56 Å². The fraction of sp³-hybridized carbons (Fsp3) is 0.364. The van der Waals surface area contributed by atoms with Crippen molar-refractivity contribution in [1.82, 2.24) is 0 Å². The number of halogens is 1. The number of aliphatic hydroxyl groups excluding tert-OH is 1. The largest absolute Gasteiger partial charge is 0.507 e. The number of aryl methyl sites for hydroxylation is 1. The summed E-state index contributed by atoms with van der Waals surface area (Å²) in [7, 11) is 0. The maximum Gasteiger partial charge on any atom is 0.336 e. The Morgan fingerprint density at radius 2 is 2.06 bits per heavy atom. The summed E-state index contributed by atoms with van der Waals surface area (Å²) < 4.78 is 0. The highest BCUT2D eigenvalue weighted by Crippen LogP contribution is 2.31. The monoisotopic (exact) mass is 261 g/mol. The average Bonchev–Trinajstić information content (AvgIpc) is 2.21. The molecule has 1 rings (SSSR count). The molecule has 0 saturated heterocycles. The molecule has 0 aliphatic heterocycles. The standard InChI is InChI=1S/C11H15NO4.ClH/c1-6-2-3-7(11(15)16)9(10(6)14)8(12)4-5-13;/h2-3,8,13-14H,4-5,12H2,1H3,(H,15,16);1H/t8-;/m1./s1. The summed E-state index contributed by atoms with van der Waals surface area (Å²) in [6.07, 6.45) is 0.206. The van der Waals surface area contributed by atoms with Gasteiger partial charge in [-0.25, -0.2) is 4.79 Å². The molecule has 1 aromatic carbocycles. The molecule has 0 amide bonds. The van der Waals surface area contributed by atoms with Crippen LogP contribution in [0, 0.1) is 6.92 Å². The average molecular weight is 262 g/mol. The molecule has 0 spiro atoms. The summed E-state index contributed by atoms with van der Waals surface area (Å²) in [6.45, 7) is 1.50. The van der Waals surface area contributed by atoms with Crippen LogP contribution in [0.15, 0.2) is 12.1 Å². The lowest BCUT2D eigenvalue weighted by molar-refractivity contribution is 0.0694. The van der Waals surface area contributed by atoms with Crippen LogP contribution in [-0.4, -0.2) is 27.9 Å². The van der Waals surface area contributed by atoms with Crippen LogP contribution in [0.4, 0.5) is 0 Å². The number of aromatic hydroxyl groups is 1. The number of carboxylic acid groups (broad SMARTS) is 1. The van der Waals surface area contributed by atoms with Crippen LogP contribution in [0.3, 0.4) is 0 Å². The predicted molar refractivity (Wildman–Crippen MR) is 65.7 cm³/mol. The number of rotatable bonds is 4. The third-order valence-electron chi connectivity index (χ3n) is 2.46. The molecule has 0 radical (unpaired) electrons. The van der Waals surface area contributed by atoms with Gasteiger partial charge in [-0.05, 0) is 25.0 Å². The smallest absolute Gasteiger partial charge is 0.336 e. The second kappa shape index (κ2) is 6.44. The summed E-state index contributed by atoms with van der Waals surface area (Å²) in [5, 5.41) is 27.5. The van der Waals surface area contributed by atoms with Gasteiger partial charge >= 0.3 is 5.97 Å². The molecule has 0 unspecified atom stereocenters. The van der Waals surface area contributed by atoms with Crippen LogP contribution in [-0.2, 0) is 0 Å². The van der Waals surface area contributed by atoms with Crippen molar-refractivity contribution in [3.05, 3.63) is 28.8 Å². The lowest BCUT2D eigenvalue weighted by Crippen LogP contribution is -2.17. The Balaban J connectivity index is 0.00000256. The van der Waals surface area contributed by atoms with Crippen molar-refractivity contribution < 1.29 is 20.1 Å². The number of nitrogens with two attached hydrogens (primary N) is 1. The first-order valence-electron chi connectivity index (χ1n) is 4.91. The Labute approximate surface area is 105 Å². The quantitative estimate of drug-likeness (QED) is 0.652. The van der Waals surface area contributed by atoms with Crippen molar-refractivity contribution in [2.45, 2.75) is 19.4 Å². The fourth-order valence-corrected chi connectivity index (χ4v) is 1.56. The summed E-state index contributed by atoms with van der Waals surface area (Å²) in [5.41, 5.74) is 6.45. The first-order chi connectivity index (χ1) is 7.49. The van der Waals surface area contributed by atoms with Crippen LogP contribution in [0.25, 0.3) is 0 Å². The molecular formula is C11H16ClNO4. The van der Waals surface area contributed by atoms with Gasteiger partial charge < -0.3 is 21.1 Å². The molecule has 1 atom stereocenters. The van der Waals surface area contributed by atoms with Crippen molar-refractivity contribution in [1.29, 1.82) is 0 Å². The highest BCUT2D eigenvalue weighted by molar-refractivity contribution is 5.90. The third-order valence-corrected chi connectivity index (χ3v) is 2.46. The molecule has 0 bridgehead atoms. The molecule has 6 heteroatoms. The summed E-state index contributed by atoms with van der Waals surface area (Å²) in [5.74, 6) is -1.25. The highest BCUT2D eigenvalue weighted by Gasteiger charge is 2.20. The van der Waals surface area contributed by atoms with Crippen LogP contribution in [0.5, 0.6) is 5.75 Å². The number of aliphatic hydroxyl groups is 1. The number of phenols is 1. The van der Waals surface area contributed by atoms with Gasteiger partial charge in [-0.15, -0.1) is 12.4 Å². The maximum absolute atomic E-state index is 11.0. The highest BCUT2D eigenvalue weighted by atomic mass is 35.5. The molecule has 5 N–H and O–H groups in total. The van der Waals surface area contributed by atoms with Crippen LogP contribution < -0.4 is 5.73 Å². The van der Waals surface area contributed by atoms with Crippen LogP contribution in [0.1, 0.15) is 33.9 Å². The number of benzene rings is 1. The Kier molecular flexibility index (Phi) is 5.95. The lowest BCUT2D eigenvalue weighted by Gasteiger charge is -2.16. The SMILES string of the molecule is Cc1ccc(C(=O)O)c([C@H](N)CCO)c1O.Cl. The molecule has 96 valence electrons. The first kappa shape index (κ1) is 15.7. The molecule has 0 aliphatic rings. The van der Waals surface area contributed by atoms with Crippen molar-refractivity contribution >= 4 is 18.4 Å².